The quantitative estimate of drug-likeness (QED) is 0.451. The summed E-state index contributed by atoms with van der Waals surface area (Å²) in [4.78, 5) is 28.7. The molecule has 2 aromatic rings. The molecule has 3 aliphatic carbocycles. The average Bonchev–Trinajstić information content (AvgIpc) is 3.72. The van der Waals surface area contributed by atoms with Crippen LogP contribution in [0.3, 0.4) is 0 Å². The van der Waals surface area contributed by atoms with E-state index in [2.05, 4.69) is 23.5 Å². The summed E-state index contributed by atoms with van der Waals surface area (Å²) < 4.78 is 29.7. The number of aldehydes is 1. The second-order valence-electron chi connectivity index (χ2n) is 12.0. The van der Waals surface area contributed by atoms with Gasteiger partial charge in [0.05, 0.1) is 11.0 Å². The van der Waals surface area contributed by atoms with Gasteiger partial charge in [-0.3, -0.25) is 0 Å². The third-order valence-corrected chi connectivity index (χ3v) is 10.4. The number of amides is 2. The molecule has 8 heteroatoms. The van der Waals surface area contributed by atoms with Crippen LogP contribution in [0.5, 0.6) is 0 Å². The van der Waals surface area contributed by atoms with Gasteiger partial charge in [-0.05, 0) is 85.3 Å². The summed E-state index contributed by atoms with van der Waals surface area (Å²) in [6.07, 6.45) is 11.1. The number of ether oxygens (including phenoxy) is 1. The standard InChI is InChI=1S/C31H40N2O5S/c1-33(20-24-5-4-6-27(17-24)39(3,36)37)29(35)32-31(21-34)28-18-23(10-9-22-7-8-22)11-12-25(28)19-30(31)15-13-26(38-2)14-16-30/h4-6,11-12,17-18,21-22,26H,7-10,13-16,19-20H2,1-3H3,(H,32,35). The van der Waals surface area contributed by atoms with E-state index >= 15 is 0 Å². The second kappa shape index (κ2) is 10.7. The van der Waals surface area contributed by atoms with Gasteiger partial charge in [-0.15, -0.1) is 0 Å². The number of sulfone groups is 1. The van der Waals surface area contributed by atoms with E-state index in [1.54, 1.807) is 38.4 Å². The largest absolute Gasteiger partial charge is 0.381 e. The summed E-state index contributed by atoms with van der Waals surface area (Å²) in [5.74, 6) is 0.819. The Morgan fingerprint density at radius 1 is 1.10 bits per heavy atom. The van der Waals surface area contributed by atoms with Crippen molar-refractivity contribution in [2.75, 3.05) is 20.4 Å². The zero-order valence-electron chi connectivity index (χ0n) is 23.2. The van der Waals surface area contributed by atoms with Gasteiger partial charge in [0.2, 0.25) is 0 Å². The predicted molar refractivity (Wildman–Crippen MR) is 150 cm³/mol. The molecule has 0 bridgehead atoms. The number of urea groups is 1. The van der Waals surface area contributed by atoms with Gasteiger partial charge in [0.25, 0.3) is 0 Å². The Kier molecular flexibility index (Phi) is 7.63. The van der Waals surface area contributed by atoms with E-state index in [-0.39, 0.29) is 23.6 Å². The van der Waals surface area contributed by atoms with Crippen molar-refractivity contribution >= 4 is 22.2 Å². The van der Waals surface area contributed by atoms with Crippen molar-refractivity contribution in [1.82, 2.24) is 10.2 Å². The van der Waals surface area contributed by atoms with Crippen LogP contribution in [0.1, 0.15) is 67.2 Å². The summed E-state index contributed by atoms with van der Waals surface area (Å²) in [6, 6.07) is 12.8. The maximum Gasteiger partial charge on any atom is 0.318 e. The number of aryl methyl sites for hydroxylation is 1. The molecular weight excluding hydrogens is 512 g/mol. The molecule has 1 unspecified atom stereocenters. The topological polar surface area (TPSA) is 92.8 Å². The van der Waals surface area contributed by atoms with Crippen LogP contribution in [0.2, 0.25) is 0 Å². The van der Waals surface area contributed by atoms with Crippen molar-refractivity contribution < 1.29 is 22.7 Å². The van der Waals surface area contributed by atoms with Crippen molar-refractivity contribution in [3.05, 3.63) is 64.7 Å². The summed E-state index contributed by atoms with van der Waals surface area (Å²) in [7, 11) is 0.0559. The fraction of sp³-hybridized carbons (Fsp3) is 0.548. The Labute approximate surface area is 232 Å². The highest BCUT2D eigenvalue weighted by Crippen LogP contribution is 2.57. The Morgan fingerprint density at radius 3 is 2.49 bits per heavy atom. The van der Waals surface area contributed by atoms with Gasteiger partial charge in [0.1, 0.15) is 5.54 Å². The normalized spacial score (nSPS) is 26.3. The van der Waals surface area contributed by atoms with Crippen LogP contribution >= 0.6 is 0 Å². The number of carbonyl (C=O) groups excluding carboxylic acids is 2. The predicted octanol–water partition coefficient (Wildman–Crippen LogP) is 4.80. The lowest BCUT2D eigenvalue weighted by molar-refractivity contribution is -0.121. The molecule has 2 fully saturated rings. The second-order valence-corrected chi connectivity index (χ2v) is 14.0. The first-order valence-corrected chi connectivity index (χ1v) is 15.9. The van der Waals surface area contributed by atoms with E-state index in [9.17, 15) is 18.0 Å². The lowest BCUT2D eigenvalue weighted by Crippen LogP contribution is -2.60. The number of hydrogen-bond acceptors (Lipinski definition) is 5. The zero-order chi connectivity index (χ0) is 27.8. The van der Waals surface area contributed by atoms with Gasteiger partial charge in [-0.25, -0.2) is 13.2 Å². The number of hydrogen-bond donors (Lipinski definition) is 1. The van der Waals surface area contributed by atoms with Crippen LogP contribution in [-0.4, -0.2) is 52.2 Å². The monoisotopic (exact) mass is 552 g/mol. The van der Waals surface area contributed by atoms with Gasteiger partial charge >= 0.3 is 6.03 Å². The zero-order valence-corrected chi connectivity index (χ0v) is 24.1. The molecule has 3 aliphatic rings. The van der Waals surface area contributed by atoms with Gasteiger partial charge in [-0.1, -0.05) is 43.2 Å². The average molecular weight is 553 g/mol. The smallest absolute Gasteiger partial charge is 0.318 e. The summed E-state index contributed by atoms with van der Waals surface area (Å²) in [5, 5.41) is 3.22. The molecule has 2 amide bonds. The summed E-state index contributed by atoms with van der Waals surface area (Å²) in [6.45, 7) is 0.219. The molecule has 2 aromatic carbocycles. The van der Waals surface area contributed by atoms with Crippen LogP contribution in [0.4, 0.5) is 4.79 Å². The number of rotatable bonds is 9. The van der Waals surface area contributed by atoms with Crippen LogP contribution in [-0.2, 0) is 44.3 Å². The maximum absolute atomic E-state index is 13.7. The van der Waals surface area contributed by atoms with E-state index in [1.807, 2.05) is 0 Å². The van der Waals surface area contributed by atoms with E-state index in [0.29, 0.717) is 5.56 Å². The molecule has 210 valence electrons. The van der Waals surface area contributed by atoms with Crippen LogP contribution in [0.15, 0.2) is 47.4 Å². The number of nitrogens with one attached hydrogen (secondary N) is 1. The minimum absolute atomic E-state index is 0.165. The fourth-order valence-corrected chi connectivity index (χ4v) is 7.41. The first-order chi connectivity index (χ1) is 18.6. The van der Waals surface area contributed by atoms with Crippen molar-refractivity contribution in [2.45, 2.75) is 80.9 Å². The highest BCUT2D eigenvalue weighted by molar-refractivity contribution is 7.90. The Balaban J connectivity index is 1.44. The highest BCUT2D eigenvalue weighted by atomic mass is 32.2. The number of benzene rings is 2. The van der Waals surface area contributed by atoms with Gasteiger partial charge < -0.3 is 19.7 Å². The minimum Gasteiger partial charge on any atom is -0.381 e. The number of fused-ring (bicyclic) bond motifs is 1. The number of nitrogens with zero attached hydrogens (tertiary/aromatic N) is 1. The molecule has 39 heavy (non-hydrogen) atoms. The van der Waals surface area contributed by atoms with E-state index in [0.717, 1.165) is 68.3 Å². The molecule has 0 heterocycles. The molecule has 2 saturated carbocycles. The summed E-state index contributed by atoms with van der Waals surface area (Å²) >= 11 is 0. The fourth-order valence-electron chi connectivity index (χ4n) is 6.72. The van der Waals surface area contributed by atoms with Crippen LogP contribution < -0.4 is 5.32 Å². The first-order valence-electron chi connectivity index (χ1n) is 14.0. The molecule has 0 saturated heterocycles. The Bertz CT molecular complexity index is 1340. The van der Waals surface area contributed by atoms with E-state index in [4.69, 9.17) is 4.74 Å². The molecule has 0 radical (unpaired) electrons. The Morgan fingerprint density at radius 2 is 1.85 bits per heavy atom. The van der Waals surface area contributed by atoms with Gasteiger partial charge in [0, 0.05) is 32.4 Å². The molecule has 5 rings (SSSR count). The molecular formula is C31H40N2O5S. The minimum atomic E-state index is -3.36. The maximum atomic E-state index is 13.7. The van der Waals surface area contributed by atoms with Crippen LogP contribution in [0.25, 0.3) is 0 Å². The van der Waals surface area contributed by atoms with Gasteiger partial charge in [0.15, 0.2) is 16.1 Å². The van der Waals surface area contributed by atoms with Crippen LogP contribution in [0, 0.1) is 11.3 Å². The molecule has 1 N–H and O–H groups in total. The molecule has 7 nitrogen and oxygen atoms in total. The molecule has 1 atom stereocenters. The Hall–Kier alpha value is -2.71. The number of carbonyl (C=O) groups is 2. The van der Waals surface area contributed by atoms with Crippen molar-refractivity contribution in [1.29, 1.82) is 0 Å². The van der Waals surface area contributed by atoms with E-state index < -0.39 is 20.8 Å². The van der Waals surface area contributed by atoms with Crippen molar-refractivity contribution in [2.24, 2.45) is 11.3 Å². The third-order valence-electron chi connectivity index (χ3n) is 9.30. The first kappa shape index (κ1) is 27.8. The molecule has 0 aliphatic heterocycles. The third kappa shape index (κ3) is 5.50. The molecule has 0 aromatic heterocycles. The lowest BCUT2D eigenvalue weighted by Gasteiger charge is -2.47. The molecule has 1 spiro atoms. The SMILES string of the molecule is COC1CCC2(CC1)Cc1ccc(CCC3CC3)cc1C2(C=O)NC(=O)N(C)Cc1cccc(S(C)(=O)=O)c1. The van der Waals surface area contributed by atoms with E-state index in [1.165, 1.54) is 29.6 Å². The van der Waals surface area contributed by atoms with Crippen molar-refractivity contribution in [3.63, 3.8) is 0 Å². The lowest BCUT2D eigenvalue weighted by atomic mass is 9.62. The van der Waals surface area contributed by atoms with Gasteiger partial charge in [-0.2, -0.15) is 0 Å². The number of methoxy groups -OCH3 is 1. The highest BCUT2D eigenvalue weighted by Gasteiger charge is 2.59. The summed E-state index contributed by atoms with van der Waals surface area (Å²) in [5.41, 5.74) is 2.46. The van der Waals surface area contributed by atoms with Crippen molar-refractivity contribution in [3.8, 4) is 0 Å².